The number of nitrogens with zero attached hydrogens (tertiary/aromatic N) is 5. The molecule has 36 heavy (non-hydrogen) atoms. The monoisotopic (exact) mass is 491 g/mol. The van der Waals surface area contributed by atoms with E-state index in [0.717, 1.165) is 35.0 Å². The Morgan fingerprint density at radius 2 is 1.67 bits per heavy atom. The molecule has 6 nitrogen and oxygen atoms in total. The molecule has 4 heterocycles. The second-order valence-electron chi connectivity index (χ2n) is 10.3. The van der Waals surface area contributed by atoms with Crippen LogP contribution in [0.4, 0.5) is 5.69 Å². The molecule has 0 saturated carbocycles. The van der Waals surface area contributed by atoms with Gasteiger partial charge in [-0.1, -0.05) is 43.0 Å². The number of ether oxygens (including phenoxy) is 1. The van der Waals surface area contributed by atoms with Crippen LogP contribution in [0.3, 0.4) is 0 Å². The van der Waals surface area contributed by atoms with Crippen LogP contribution in [0.2, 0.25) is 19.6 Å². The maximum Gasteiger partial charge on any atom is 0.147 e. The molecule has 0 fully saturated rings. The molecule has 1 aliphatic rings. The molecule has 0 unspecified atom stereocenters. The number of benzene rings is 2. The van der Waals surface area contributed by atoms with Gasteiger partial charge in [-0.3, -0.25) is 9.55 Å². The van der Waals surface area contributed by atoms with E-state index < -0.39 is 8.07 Å². The molecule has 5 aromatic rings. The Morgan fingerprint density at radius 1 is 0.833 bits per heavy atom. The van der Waals surface area contributed by atoms with E-state index in [1.807, 2.05) is 44.0 Å². The van der Waals surface area contributed by atoms with Gasteiger partial charge in [0.15, 0.2) is 0 Å². The minimum absolute atomic E-state index is 0.705. The fourth-order valence-corrected chi connectivity index (χ4v) is 5.86. The number of aromatic nitrogens is 3. The lowest BCUT2D eigenvalue weighted by Gasteiger charge is -2.18. The summed E-state index contributed by atoms with van der Waals surface area (Å²) in [7, 11) is 0.556. The Labute approximate surface area is 212 Å². The first-order valence-electron chi connectivity index (χ1n) is 12.1. The predicted octanol–water partition coefficient (Wildman–Crippen LogP) is 6.09. The largest absolute Gasteiger partial charge is 0.456 e. The van der Waals surface area contributed by atoms with Crippen molar-refractivity contribution in [1.29, 1.82) is 0 Å². The van der Waals surface area contributed by atoms with Crippen molar-refractivity contribution in [3.05, 3.63) is 91.7 Å². The summed E-state index contributed by atoms with van der Waals surface area (Å²) in [4.78, 5) is 13.5. The summed E-state index contributed by atoms with van der Waals surface area (Å²) < 4.78 is 8.58. The van der Waals surface area contributed by atoms with Crippen molar-refractivity contribution in [1.82, 2.24) is 19.4 Å². The number of pyridine rings is 2. The number of fused-ring (bicyclic) bond motifs is 3. The third-order valence-corrected chi connectivity index (χ3v) is 8.67. The van der Waals surface area contributed by atoms with Crippen LogP contribution in [-0.4, -0.2) is 41.2 Å². The van der Waals surface area contributed by atoms with Crippen molar-refractivity contribution >= 4 is 40.8 Å². The van der Waals surface area contributed by atoms with Gasteiger partial charge in [0, 0.05) is 48.5 Å². The Bertz CT molecular complexity index is 1620. The van der Waals surface area contributed by atoms with Crippen molar-refractivity contribution in [2.75, 3.05) is 18.6 Å². The summed E-state index contributed by atoms with van der Waals surface area (Å²) >= 11 is 0. The first kappa shape index (κ1) is 22.4. The molecular formula is C29H29N5OSi. The van der Waals surface area contributed by atoms with E-state index in [-0.39, 0.29) is 0 Å². The van der Waals surface area contributed by atoms with Gasteiger partial charge in [-0.25, -0.2) is 4.98 Å². The van der Waals surface area contributed by atoms with E-state index in [1.54, 1.807) is 6.20 Å². The molecule has 0 N–H and O–H groups in total. The first-order valence-corrected chi connectivity index (χ1v) is 15.6. The normalized spacial score (nSPS) is 13.8. The molecule has 2 aromatic carbocycles. The van der Waals surface area contributed by atoms with E-state index in [0.29, 0.717) is 5.75 Å². The van der Waals surface area contributed by atoms with Gasteiger partial charge in [-0.05, 0) is 30.3 Å². The van der Waals surface area contributed by atoms with Crippen molar-refractivity contribution in [2.24, 2.45) is 0 Å². The summed E-state index contributed by atoms with van der Waals surface area (Å²) in [6.07, 6.45) is 9.64. The van der Waals surface area contributed by atoms with Gasteiger partial charge >= 0.3 is 0 Å². The van der Waals surface area contributed by atoms with Crippen LogP contribution >= 0.6 is 0 Å². The maximum atomic E-state index is 6.32. The van der Waals surface area contributed by atoms with Crippen molar-refractivity contribution in [3.63, 3.8) is 0 Å². The molecule has 0 aliphatic carbocycles. The Balaban J connectivity index is 1.44. The van der Waals surface area contributed by atoms with Gasteiger partial charge < -0.3 is 14.5 Å². The number of rotatable bonds is 5. The molecule has 1 aliphatic heterocycles. The molecular weight excluding hydrogens is 462 g/mol. The van der Waals surface area contributed by atoms with Crippen LogP contribution < -0.4 is 14.8 Å². The van der Waals surface area contributed by atoms with Gasteiger partial charge in [0.1, 0.15) is 17.3 Å². The zero-order chi connectivity index (χ0) is 24.9. The fourth-order valence-electron chi connectivity index (χ4n) is 4.72. The third kappa shape index (κ3) is 4.01. The van der Waals surface area contributed by atoms with Crippen LogP contribution in [0.25, 0.3) is 27.6 Å². The number of hydrogen-bond acceptors (Lipinski definition) is 5. The molecule has 6 rings (SSSR count). The van der Waals surface area contributed by atoms with E-state index in [9.17, 15) is 0 Å². The third-order valence-electron chi connectivity index (χ3n) is 6.63. The van der Waals surface area contributed by atoms with Crippen molar-refractivity contribution in [2.45, 2.75) is 19.6 Å². The standard InChI is InChI=1S/C29H29N5OSi/c1-32-13-14-33(20-32)21-15-23(19-30-18-21)35-22-9-10-26-25-7-5-6-8-27(25)34(28(26)16-22)29-17-24(11-12-31-29)36(2,3)4/h5-19H,20H2,1-4H3. The lowest BCUT2D eigenvalue weighted by atomic mass is 10.1. The maximum absolute atomic E-state index is 6.32. The van der Waals surface area contributed by atoms with Crippen LogP contribution in [0.15, 0.2) is 91.7 Å². The van der Waals surface area contributed by atoms with Gasteiger partial charge in [0.05, 0.1) is 43.9 Å². The molecule has 7 heteroatoms. The zero-order valence-corrected chi connectivity index (χ0v) is 22.0. The van der Waals surface area contributed by atoms with Crippen molar-refractivity contribution < 1.29 is 4.74 Å². The number of anilines is 1. The molecule has 0 radical (unpaired) electrons. The lowest BCUT2D eigenvalue weighted by molar-refractivity contribution is 0.479. The SMILES string of the molecule is CN1C=CN(c2cncc(Oc3ccc4c5ccccc5n(-c5cc([Si](C)(C)C)ccn5)c4c3)c2)C1. The Morgan fingerprint density at radius 3 is 2.47 bits per heavy atom. The van der Waals surface area contributed by atoms with Crippen LogP contribution in [0.1, 0.15) is 0 Å². The fraction of sp³-hybridized carbons (Fsp3) is 0.172. The predicted molar refractivity (Wildman–Crippen MR) is 150 cm³/mol. The molecule has 3 aromatic heterocycles. The summed E-state index contributed by atoms with van der Waals surface area (Å²) in [6.45, 7) is 7.88. The zero-order valence-electron chi connectivity index (χ0n) is 21.0. The highest BCUT2D eigenvalue weighted by atomic mass is 28.3. The van der Waals surface area contributed by atoms with Crippen LogP contribution in [-0.2, 0) is 0 Å². The van der Waals surface area contributed by atoms with Gasteiger partial charge in [0.25, 0.3) is 0 Å². The minimum Gasteiger partial charge on any atom is -0.456 e. The number of para-hydroxylation sites is 1. The minimum atomic E-state index is -1.49. The average Bonchev–Trinajstić information content (AvgIpc) is 3.45. The number of hydrogen-bond donors (Lipinski definition) is 0. The highest BCUT2D eigenvalue weighted by Gasteiger charge is 2.19. The highest BCUT2D eigenvalue weighted by molar-refractivity contribution is 6.88. The molecule has 0 spiro atoms. The Hall–Kier alpha value is -4.10. The van der Waals surface area contributed by atoms with E-state index in [2.05, 4.69) is 87.5 Å². The second kappa shape index (κ2) is 8.53. The molecule has 0 bridgehead atoms. The van der Waals surface area contributed by atoms with E-state index in [4.69, 9.17) is 9.72 Å². The lowest BCUT2D eigenvalue weighted by Crippen LogP contribution is -2.37. The first-order chi connectivity index (χ1) is 17.4. The van der Waals surface area contributed by atoms with Gasteiger partial charge in [-0.2, -0.15) is 0 Å². The van der Waals surface area contributed by atoms with E-state index in [1.165, 1.54) is 16.0 Å². The second-order valence-corrected chi connectivity index (χ2v) is 15.4. The van der Waals surface area contributed by atoms with Crippen LogP contribution in [0, 0.1) is 0 Å². The smallest absolute Gasteiger partial charge is 0.147 e. The molecule has 0 atom stereocenters. The Kier molecular flexibility index (Phi) is 5.30. The van der Waals surface area contributed by atoms with Crippen molar-refractivity contribution in [3.8, 4) is 17.3 Å². The molecule has 180 valence electrons. The topological polar surface area (TPSA) is 46.4 Å². The van der Waals surface area contributed by atoms with Crippen LogP contribution in [0.5, 0.6) is 11.5 Å². The summed E-state index contributed by atoms with van der Waals surface area (Å²) in [5.41, 5.74) is 3.20. The molecule has 0 saturated heterocycles. The van der Waals surface area contributed by atoms with Gasteiger partial charge in [-0.15, -0.1) is 0 Å². The highest BCUT2D eigenvalue weighted by Crippen LogP contribution is 2.35. The van der Waals surface area contributed by atoms with Gasteiger partial charge in [0.2, 0.25) is 0 Å². The molecule has 0 amide bonds. The summed E-state index contributed by atoms with van der Waals surface area (Å²) in [5.74, 6) is 2.41. The van der Waals surface area contributed by atoms with E-state index >= 15 is 0 Å². The quantitative estimate of drug-likeness (QED) is 0.278. The average molecular weight is 492 g/mol. The summed E-state index contributed by atoms with van der Waals surface area (Å²) in [6, 6.07) is 21.2. The summed E-state index contributed by atoms with van der Waals surface area (Å²) in [5, 5.41) is 3.76.